The molecule has 1 N–H and O–H groups in total. The zero-order valence-electron chi connectivity index (χ0n) is 19.2. The fraction of sp³-hybridized carbons (Fsp3) is 0.346. The van der Waals surface area contributed by atoms with E-state index in [2.05, 4.69) is 12.2 Å². The molecular weight excluding hydrogens is 521 g/mol. The number of halogens is 2. The van der Waals surface area contributed by atoms with E-state index in [4.69, 9.17) is 28.2 Å². The Kier molecular flexibility index (Phi) is 7.49. The van der Waals surface area contributed by atoms with Gasteiger partial charge in [-0.25, -0.2) is 4.98 Å². The number of amides is 1. The van der Waals surface area contributed by atoms with Crippen molar-refractivity contribution in [2.45, 2.75) is 60.4 Å². The topological polar surface area (TPSA) is 64.0 Å². The van der Waals surface area contributed by atoms with Crippen LogP contribution < -0.4 is 10.9 Å². The maximum absolute atomic E-state index is 13.9. The second-order valence-corrected chi connectivity index (χ2v) is 11.8. The van der Waals surface area contributed by atoms with Gasteiger partial charge in [0.05, 0.1) is 27.0 Å². The van der Waals surface area contributed by atoms with Gasteiger partial charge in [0.15, 0.2) is 5.16 Å². The third-order valence-corrected chi connectivity index (χ3v) is 9.61. The number of thioether (sulfide) groups is 2. The Labute approximate surface area is 223 Å². The van der Waals surface area contributed by atoms with Gasteiger partial charge in [-0.15, -0.1) is 11.8 Å². The Morgan fingerprint density at radius 3 is 2.66 bits per heavy atom. The summed E-state index contributed by atoms with van der Waals surface area (Å²) >= 11 is 15.0. The molecule has 1 saturated carbocycles. The number of anilines is 1. The van der Waals surface area contributed by atoms with Crippen LogP contribution in [0.3, 0.4) is 0 Å². The maximum atomic E-state index is 13.9. The summed E-state index contributed by atoms with van der Waals surface area (Å²) in [5, 5.41) is 5.44. The molecule has 0 saturated heterocycles. The van der Waals surface area contributed by atoms with E-state index in [-0.39, 0.29) is 23.1 Å². The summed E-state index contributed by atoms with van der Waals surface area (Å²) in [6, 6.07) is 13.0. The van der Waals surface area contributed by atoms with Crippen molar-refractivity contribution in [2.24, 2.45) is 0 Å². The quantitative estimate of drug-likeness (QED) is 0.206. The highest BCUT2D eigenvalue weighted by atomic mass is 35.5. The molecule has 2 aromatic carbocycles. The number of carbonyl (C=O) groups is 1. The summed E-state index contributed by atoms with van der Waals surface area (Å²) in [5.74, 6) is 0.162. The smallest absolute Gasteiger partial charge is 0.263 e. The van der Waals surface area contributed by atoms with Crippen LogP contribution in [0.25, 0.3) is 5.69 Å². The lowest BCUT2D eigenvalue weighted by atomic mass is 9.85. The zero-order chi connectivity index (χ0) is 24.5. The maximum Gasteiger partial charge on any atom is 0.263 e. The highest BCUT2D eigenvalue weighted by Crippen LogP contribution is 2.50. The lowest BCUT2D eigenvalue weighted by Gasteiger charge is -2.24. The summed E-state index contributed by atoms with van der Waals surface area (Å²) in [7, 11) is 0. The summed E-state index contributed by atoms with van der Waals surface area (Å²) in [5.41, 5.74) is 3.39. The number of rotatable bonds is 6. The van der Waals surface area contributed by atoms with Gasteiger partial charge in [-0.3, -0.25) is 14.2 Å². The van der Waals surface area contributed by atoms with E-state index in [1.165, 1.54) is 23.7 Å². The predicted octanol–water partition coefficient (Wildman–Crippen LogP) is 6.96. The van der Waals surface area contributed by atoms with Crippen LogP contribution in [0.4, 0.5) is 5.69 Å². The van der Waals surface area contributed by atoms with E-state index in [1.807, 2.05) is 24.3 Å². The van der Waals surface area contributed by atoms with E-state index in [0.717, 1.165) is 42.0 Å². The van der Waals surface area contributed by atoms with Crippen LogP contribution in [0.15, 0.2) is 57.4 Å². The summed E-state index contributed by atoms with van der Waals surface area (Å²) in [6.07, 6.45) is 5.43. The highest BCUT2D eigenvalue weighted by molar-refractivity contribution is 8.00. The van der Waals surface area contributed by atoms with Crippen LogP contribution in [0.1, 0.15) is 49.7 Å². The molecule has 9 heteroatoms. The van der Waals surface area contributed by atoms with E-state index in [1.54, 1.807) is 34.5 Å². The minimum atomic E-state index is -0.211. The number of nitrogens with one attached hydrogen (secondary N) is 1. The van der Waals surface area contributed by atoms with Crippen molar-refractivity contribution < 1.29 is 4.79 Å². The van der Waals surface area contributed by atoms with Gasteiger partial charge in [-0.05, 0) is 55.2 Å². The second-order valence-electron chi connectivity index (χ2n) is 8.79. The first-order chi connectivity index (χ1) is 16.9. The molecule has 1 aromatic heterocycles. The summed E-state index contributed by atoms with van der Waals surface area (Å²) in [4.78, 5) is 31.5. The first kappa shape index (κ1) is 24.8. The second kappa shape index (κ2) is 10.6. The minimum absolute atomic E-state index is 0.00598. The molecule has 2 aliphatic rings. The first-order valence-corrected chi connectivity index (χ1v) is 14.4. The average Bonchev–Trinajstić information content (AvgIpc) is 3.24. The molecule has 1 aliphatic carbocycles. The van der Waals surface area contributed by atoms with Crippen molar-refractivity contribution in [3.05, 3.63) is 74.0 Å². The van der Waals surface area contributed by atoms with E-state index in [9.17, 15) is 9.59 Å². The number of hydrogen-bond donors (Lipinski definition) is 1. The van der Waals surface area contributed by atoms with Crippen molar-refractivity contribution >= 4 is 58.3 Å². The molecule has 5 rings (SSSR count). The van der Waals surface area contributed by atoms with Crippen LogP contribution in [0.2, 0.25) is 10.0 Å². The van der Waals surface area contributed by atoms with Crippen molar-refractivity contribution in [1.82, 2.24) is 9.55 Å². The lowest BCUT2D eigenvalue weighted by molar-refractivity contribution is -0.113. The minimum Gasteiger partial charge on any atom is -0.325 e. The summed E-state index contributed by atoms with van der Waals surface area (Å²) in [6.45, 7) is 2.10. The van der Waals surface area contributed by atoms with Crippen LogP contribution >= 0.6 is 46.7 Å². The molecule has 1 aliphatic heterocycles. The molecule has 2 heterocycles. The van der Waals surface area contributed by atoms with E-state index >= 15 is 0 Å². The number of aryl methyl sites for hydroxylation is 1. The fourth-order valence-electron chi connectivity index (χ4n) is 4.72. The SMILES string of the molecule is CCc1ccc(-n2c(SCC(=O)Nc3ccc(Cl)c(Cl)c3)nc3c(c2=O)[C@H]2CCCC[C@@H]2S3)cc1. The molecule has 3 aromatic rings. The molecule has 0 bridgehead atoms. The first-order valence-electron chi connectivity index (χ1n) is 11.7. The number of aromatic nitrogens is 2. The van der Waals surface area contributed by atoms with Crippen molar-refractivity contribution in [3.63, 3.8) is 0 Å². The van der Waals surface area contributed by atoms with E-state index < -0.39 is 0 Å². The number of nitrogens with zero attached hydrogens (tertiary/aromatic N) is 2. The average molecular weight is 547 g/mol. The van der Waals surface area contributed by atoms with Gasteiger partial charge in [0.2, 0.25) is 5.91 Å². The molecule has 5 nitrogen and oxygen atoms in total. The van der Waals surface area contributed by atoms with Crippen LogP contribution in [0.5, 0.6) is 0 Å². The third kappa shape index (κ3) is 5.15. The van der Waals surface area contributed by atoms with Crippen LogP contribution in [-0.2, 0) is 11.2 Å². The molecule has 182 valence electrons. The number of hydrogen-bond acceptors (Lipinski definition) is 5. The van der Waals surface area contributed by atoms with Gasteiger partial charge in [0.25, 0.3) is 5.56 Å². The van der Waals surface area contributed by atoms with Gasteiger partial charge < -0.3 is 5.32 Å². The molecule has 0 radical (unpaired) electrons. The zero-order valence-corrected chi connectivity index (χ0v) is 22.4. The predicted molar refractivity (Wildman–Crippen MR) is 146 cm³/mol. The Morgan fingerprint density at radius 2 is 1.91 bits per heavy atom. The van der Waals surface area contributed by atoms with Crippen LogP contribution in [0, 0.1) is 0 Å². The van der Waals surface area contributed by atoms with E-state index in [0.29, 0.717) is 26.1 Å². The molecule has 0 spiro atoms. The molecule has 35 heavy (non-hydrogen) atoms. The van der Waals surface area contributed by atoms with Gasteiger partial charge in [-0.1, -0.05) is 66.9 Å². The normalized spacial score (nSPS) is 18.7. The number of benzene rings is 2. The standard InChI is InChI=1S/C26H25Cl2N3O2S2/c1-2-15-7-10-17(11-8-15)31-25(33)23-18-5-3-4-6-21(18)35-24(23)30-26(31)34-14-22(32)29-16-9-12-19(27)20(28)13-16/h7-13,18,21H,2-6,14H2,1H3,(H,29,32)/t18-,21-/m0/s1. The van der Waals surface area contributed by atoms with Crippen LogP contribution in [-0.4, -0.2) is 26.5 Å². The van der Waals surface area contributed by atoms with Gasteiger partial charge in [0, 0.05) is 16.9 Å². The highest BCUT2D eigenvalue weighted by Gasteiger charge is 2.39. The monoisotopic (exact) mass is 545 g/mol. The Balaban J connectivity index is 1.46. The van der Waals surface area contributed by atoms with Crippen molar-refractivity contribution in [2.75, 3.05) is 11.1 Å². The largest absolute Gasteiger partial charge is 0.325 e. The summed E-state index contributed by atoms with van der Waals surface area (Å²) < 4.78 is 1.69. The van der Waals surface area contributed by atoms with Gasteiger partial charge >= 0.3 is 0 Å². The Bertz CT molecular complexity index is 1330. The molecular formula is C26H25Cl2N3O2S2. The van der Waals surface area contributed by atoms with Gasteiger partial charge in [-0.2, -0.15) is 0 Å². The number of carbonyl (C=O) groups excluding carboxylic acids is 1. The molecule has 1 fully saturated rings. The lowest BCUT2D eigenvalue weighted by Crippen LogP contribution is -2.29. The number of fused-ring (bicyclic) bond motifs is 3. The molecule has 1 amide bonds. The third-order valence-electron chi connectivity index (χ3n) is 6.53. The Hall–Kier alpha value is -1.93. The molecule has 2 atom stereocenters. The van der Waals surface area contributed by atoms with Gasteiger partial charge in [0.1, 0.15) is 5.03 Å². The Morgan fingerprint density at radius 1 is 1.14 bits per heavy atom. The van der Waals surface area contributed by atoms with Crippen molar-refractivity contribution in [3.8, 4) is 5.69 Å². The molecule has 0 unspecified atom stereocenters. The fourth-order valence-corrected chi connectivity index (χ4v) is 7.39. The van der Waals surface area contributed by atoms with Crippen molar-refractivity contribution in [1.29, 1.82) is 0 Å².